The van der Waals surface area contributed by atoms with Crippen molar-refractivity contribution < 1.29 is 4.74 Å². The van der Waals surface area contributed by atoms with E-state index in [1.165, 1.54) is 25.7 Å². The van der Waals surface area contributed by atoms with Gasteiger partial charge in [-0.1, -0.05) is 26.7 Å². The Kier molecular flexibility index (Phi) is 7.59. The third-order valence-corrected chi connectivity index (χ3v) is 4.22. The summed E-state index contributed by atoms with van der Waals surface area (Å²) in [5, 5.41) is 4.46. The van der Waals surface area contributed by atoms with E-state index in [1.54, 1.807) is 7.11 Å². The zero-order valence-electron chi connectivity index (χ0n) is 12.1. The van der Waals surface area contributed by atoms with Gasteiger partial charge in [0.15, 0.2) is 5.11 Å². The van der Waals surface area contributed by atoms with Crippen LogP contribution in [0.4, 0.5) is 0 Å². The van der Waals surface area contributed by atoms with E-state index in [-0.39, 0.29) is 0 Å². The van der Waals surface area contributed by atoms with Crippen LogP contribution in [0.3, 0.4) is 0 Å². The molecule has 0 atom stereocenters. The van der Waals surface area contributed by atoms with E-state index in [1.807, 2.05) is 0 Å². The quantitative estimate of drug-likeness (QED) is 0.720. The summed E-state index contributed by atoms with van der Waals surface area (Å²) in [7, 11) is 1.75. The number of hydrogen-bond donors (Lipinski definition) is 1. The minimum absolute atomic E-state index is 0.529. The van der Waals surface area contributed by atoms with Gasteiger partial charge in [0.25, 0.3) is 0 Å². The average molecular weight is 272 g/mol. The molecular formula is C14H28N2OS. The van der Waals surface area contributed by atoms with Gasteiger partial charge in [0.05, 0.1) is 6.61 Å². The minimum atomic E-state index is 0.529. The van der Waals surface area contributed by atoms with E-state index in [0.717, 1.165) is 31.1 Å². The van der Waals surface area contributed by atoms with Crippen LogP contribution < -0.4 is 5.32 Å². The molecule has 1 rings (SSSR count). The zero-order valence-corrected chi connectivity index (χ0v) is 12.9. The minimum Gasteiger partial charge on any atom is -0.383 e. The maximum atomic E-state index is 5.59. The summed E-state index contributed by atoms with van der Waals surface area (Å²) in [5.74, 6) is 0. The molecule has 0 aromatic carbocycles. The van der Waals surface area contributed by atoms with Crippen LogP contribution in [0.5, 0.6) is 0 Å². The van der Waals surface area contributed by atoms with Crippen molar-refractivity contribution in [1.82, 2.24) is 10.2 Å². The highest BCUT2D eigenvalue weighted by molar-refractivity contribution is 7.80. The summed E-state index contributed by atoms with van der Waals surface area (Å²) in [4.78, 5) is 2.32. The molecular weight excluding hydrogens is 244 g/mol. The summed E-state index contributed by atoms with van der Waals surface area (Å²) in [6.07, 6.45) is 7.47. The Morgan fingerprint density at radius 2 is 1.94 bits per heavy atom. The standard InChI is InChI=1S/C14H28N2OS/c1-4-13(5-2)16(10-11-17-3)14(18)15-12-8-6-7-9-12/h12-13H,4-11H2,1-3H3,(H,15,18). The van der Waals surface area contributed by atoms with E-state index < -0.39 is 0 Å². The van der Waals surface area contributed by atoms with Crippen LogP contribution in [0.1, 0.15) is 52.4 Å². The van der Waals surface area contributed by atoms with Gasteiger partial charge < -0.3 is 15.0 Å². The van der Waals surface area contributed by atoms with Gasteiger partial charge in [0.2, 0.25) is 0 Å². The van der Waals surface area contributed by atoms with Gasteiger partial charge in [0.1, 0.15) is 0 Å². The lowest BCUT2D eigenvalue weighted by Gasteiger charge is -2.34. The Bertz CT molecular complexity index is 238. The highest BCUT2D eigenvalue weighted by Crippen LogP contribution is 2.18. The molecule has 18 heavy (non-hydrogen) atoms. The topological polar surface area (TPSA) is 24.5 Å². The van der Waals surface area contributed by atoms with Crippen molar-refractivity contribution in [2.45, 2.75) is 64.5 Å². The first-order chi connectivity index (χ1) is 8.72. The fourth-order valence-electron chi connectivity index (χ4n) is 2.70. The molecule has 1 aliphatic carbocycles. The number of nitrogens with one attached hydrogen (secondary N) is 1. The third kappa shape index (κ3) is 4.73. The Hall–Kier alpha value is -0.350. The molecule has 1 saturated carbocycles. The first-order valence-corrected chi connectivity index (χ1v) is 7.69. The van der Waals surface area contributed by atoms with Crippen LogP contribution in [0.25, 0.3) is 0 Å². The first kappa shape index (κ1) is 15.7. The van der Waals surface area contributed by atoms with E-state index in [0.29, 0.717) is 12.1 Å². The van der Waals surface area contributed by atoms with Gasteiger partial charge in [-0.25, -0.2) is 0 Å². The molecule has 106 valence electrons. The molecule has 3 nitrogen and oxygen atoms in total. The van der Waals surface area contributed by atoms with E-state index in [4.69, 9.17) is 17.0 Å². The smallest absolute Gasteiger partial charge is 0.169 e. The SMILES string of the molecule is CCC(CC)N(CCOC)C(=S)NC1CCCC1. The number of nitrogens with zero attached hydrogens (tertiary/aromatic N) is 1. The van der Waals surface area contributed by atoms with Crippen LogP contribution >= 0.6 is 12.2 Å². The van der Waals surface area contributed by atoms with Crippen molar-refractivity contribution in [2.75, 3.05) is 20.3 Å². The summed E-state index contributed by atoms with van der Waals surface area (Å²) < 4.78 is 5.20. The van der Waals surface area contributed by atoms with Crippen molar-refractivity contribution in [1.29, 1.82) is 0 Å². The molecule has 0 aromatic heterocycles. The average Bonchev–Trinajstić information content (AvgIpc) is 2.87. The molecule has 1 fully saturated rings. The normalized spacial score (nSPS) is 16.2. The van der Waals surface area contributed by atoms with Crippen molar-refractivity contribution in [3.05, 3.63) is 0 Å². The number of methoxy groups -OCH3 is 1. The maximum Gasteiger partial charge on any atom is 0.169 e. The highest BCUT2D eigenvalue weighted by atomic mass is 32.1. The van der Waals surface area contributed by atoms with E-state index >= 15 is 0 Å². The molecule has 0 bridgehead atoms. The van der Waals surface area contributed by atoms with Crippen molar-refractivity contribution in [3.8, 4) is 0 Å². The molecule has 1 aliphatic rings. The number of hydrogen-bond acceptors (Lipinski definition) is 2. The Morgan fingerprint density at radius 3 is 2.44 bits per heavy atom. The highest BCUT2D eigenvalue weighted by Gasteiger charge is 2.21. The van der Waals surface area contributed by atoms with Crippen molar-refractivity contribution in [3.63, 3.8) is 0 Å². The van der Waals surface area contributed by atoms with Crippen LogP contribution in [0.15, 0.2) is 0 Å². The summed E-state index contributed by atoms with van der Waals surface area (Å²) in [6, 6.07) is 1.12. The lowest BCUT2D eigenvalue weighted by Crippen LogP contribution is -2.49. The molecule has 1 N–H and O–H groups in total. The second-order valence-corrected chi connectivity index (χ2v) is 5.47. The van der Waals surface area contributed by atoms with Gasteiger partial charge in [0, 0.05) is 25.7 Å². The van der Waals surface area contributed by atoms with E-state index in [9.17, 15) is 0 Å². The monoisotopic (exact) mass is 272 g/mol. The Morgan fingerprint density at radius 1 is 1.33 bits per heavy atom. The van der Waals surface area contributed by atoms with Crippen molar-refractivity contribution >= 4 is 17.3 Å². The number of rotatable bonds is 7. The predicted octanol–water partition coefficient (Wildman–Crippen LogP) is 2.94. The molecule has 0 aromatic rings. The summed E-state index contributed by atoms with van der Waals surface area (Å²) in [5.41, 5.74) is 0. The largest absolute Gasteiger partial charge is 0.383 e. The van der Waals surface area contributed by atoms with Crippen molar-refractivity contribution in [2.24, 2.45) is 0 Å². The van der Waals surface area contributed by atoms with Gasteiger partial charge in [-0.3, -0.25) is 0 Å². The molecule has 0 heterocycles. The fraction of sp³-hybridized carbons (Fsp3) is 0.929. The first-order valence-electron chi connectivity index (χ1n) is 7.28. The Labute approximate surface area is 117 Å². The summed E-state index contributed by atoms with van der Waals surface area (Å²) in [6.45, 7) is 6.09. The van der Waals surface area contributed by atoms with Crippen LogP contribution in [0, 0.1) is 0 Å². The second kappa shape index (κ2) is 8.70. The van der Waals surface area contributed by atoms with Crippen LogP contribution in [-0.2, 0) is 4.74 Å². The molecule has 0 radical (unpaired) electrons. The lowest BCUT2D eigenvalue weighted by molar-refractivity contribution is 0.157. The van der Waals surface area contributed by atoms with Gasteiger partial charge in [-0.2, -0.15) is 0 Å². The van der Waals surface area contributed by atoms with Crippen LogP contribution in [0.2, 0.25) is 0 Å². The third-order valence-electron chi connectivity index (χ3n) is 3.86. The van der Waals surface area contributed by atoms with Gasteiger partial charge in [-0.15, -0.1) is 0 Å². The molecule has 4 heteroatoms. The zero-order chi connectivity index (χ0) is 13.4. The molecule has 0 amide bonds. The number of thiocarbonyl (C=S) groups is 1. The molecule has 0 aliphatic heterocycles. The fourth-order valence-corrected chi connectivity index (χ4v) is 3.10. The number of ether oxygens (including phenoxy) is 1. The second-order valence-electron chi connectivity index (χ2n) is 5.09. The van der Waals surface area contributed by atoms with E-state index in [2.05, 4.69) is 24.1 Å². The molecule has 0 spiro atoms. The molecule has 0 saturated heterocycles. The Balaban J connectivity index is 2.52. The molecule has 0 unspecified atom stereocenters. The predicted molar refractivity (Wildman–Crippen MR) is 80.9 cm³/mol. The van der Waals surface area contributed by atoms with Gasteiger partial charge >= 0.3 is 0 Å². The summed E-state index contributed by atoms with van der Waals surface area (Å²) >= 11 is 5.59. The maximum absolute atomic E-state index is 5.59. The van der Waals surface area contributed by atoms with Gasteiger partial charge in [-0.05, 0) is 37.9 Å². The lowest BCUT2D eigenvalue weighted by atomic mass is 10.1. The van der Waals surface area contributed by atoms with Crippen LogP contribution in [-0.4, -0.2) is 42.4 Å².